The Bertz CT molecular complexity index is 892. The van der Waals surface area contributed by atoms with Gasteiger partial charge in [0.2, 0.25) is 0 Å². The van der Waals surface area contributed by atoms with Crippen LogP contribution in [0.5, 0.6) is 0 Å². The van der Waals surface area contributed by atoms with E-state index in [4.69, 9.17) is 0 Å². The first-order valence-electron chi connectivity index (χ1n) is 6.98. The predicted octanol–water partition coefficient (Wildman–Crippen LogP) is 2.79. The fourth-order valence-electron chi connectivity index (χ4n) is 3.10. The van der Waals surface area contributed by atoms with Crippen LogP contribution >= 0.6 is 0 Å². The lowest BCUT2D eigenvalue weighted by molar-refractivity contribution is 0.0965. The first kappa shape index (κ1) is 12.1. The van der Waals surface area contributed by atoms with Crippen molar-refractivity contribution in [3.05, 3.63) is 53.2 Å². The van der Waals surface area contributed by atoms with Gasteiger partial charge in [0.05, 0.1) is 11.7 Å². The minimum absolute atomic E-state index is 0.0333. The van der Waals surface area contributed by atoms with Crippen molar-refractivity contribution >= 4 is 16.8 Å². The molecule has 1 aliphatic heterocycles. The van der Waals surface area contributed by atoms with Crippen molar-refractivity contribution in [1.29, 1.82) is 0 Å². The molecule has 0 aliphatic carbocycles. The Balaban J connectivity index is 1.97. The van der Waals surface area contributed by atoms with E-state index in [1.54, 1.807) is 0 Å². The maximum atomic E-state index is 12.0. The van der Waals surface area contributed by atoms with Crippen molar-refractivity contribution in [1.82, 2.24) is 15.1 Å². The third-order valence-corrected chi connectivity index (χ3v) is 4.23. The predicted molar refractivity (Wildman–Crippen MR) is 82.1 cm³/mol. The molecule has 104 valence electrons. The van der Waals surface area contributed by atoms with Crippen LogP contribution in [0.4, 0.5) is 0 Å². The van der Waals surface area contributed by atoms with Gasteiger partial charge in [0.1, 0.15) is 0 Å². The number of carbonyl (C=O) groups excluding carboxylic acids is 1. The van der Waals surface area contributed by atoms with Crippen LogP contribution in [0.3, 0.4) is 0 Å². The number of nitrogens with zero attached hydrogens (tertiary/aromatic N) is 2. The molecule has 1 aromatic heterocycles. The van der Waals surface area contributed by atoms with Gasteiger partial charge in [-0.3, -0.25) is 9.48 Å². The van der Waals surface area contributed by atoms with Gasteiger partial charge < -0.3 is 5.32 Å². The number of hydrogen-bond acceptors (Lipinski definition) is 2. The topological polar surface area (TPSA) is 46.9 Å². The molecule has 0 atom stereocenters. The Morgan fingerprint density at radius 1 is 1.24 bits per heavy atom. The van der Waals surface area contributed by atoms with Crippen molar-refractivity contribution in [2.75, 3.05) is 0 Å². The van der Waals surface area contributed by atoms with Crippen LogP contribution in [0.1, 0.15) is 21.5 Å². The van der Waals surface area contributed by atoms with E-state index in [9.17, 15) is 4.79 Å². The Morgan fingerprint density at radius 3 is 2.95 bits per heavy atom. The summed E-state index contributed by atoms with van der Waals surface area (Å²) in [6, 6.07) is 10.4. The summed E-state index contributed by atoms with van der Waals surface area (Å²) in [5.74, 6) is 0.0333. The molecule has 0 bridgehead atoms. The van der Waals surface area contributed by atoms with Gasteiger partial charge in [-0.1, -0.05) is 24.3 Å². The molecule has 0 radical (unpaired) electrons. The molecule has 4 heteroatoms. The molecule has 0 saturated heterocycles. The Hall–Kier alpha value is -2.62. The number of rotatable bonds is 1. The van der Waals surface area contributed by atoms with Gasteiger partial charge >= 0.3 is 0 Å². The lowest BCUT2D eigenvalue weighted by atomic mass is 9.93. The lowest BCUT2D eigenvalue weighted by Crippen LogP contribution is -2.13. The van der Waals surface area contributed by atoms with Crippen molar-refractivity contribution in [3.8, 4) is 11.1 Å². The van der Waals surface area contributed by atoms with Crippen LogP contribution in [-0.2, 0) is 13.6 Å². The number of hydrogen-bond donors (Lipinski definition) is 1. The second-order valence-corrected chi connectivity index (χ2v) is 5.51. The number of amides is 1. The van der Waals surface area contributed by atoms with E-state index in [1.807, 2.05) is 30.9 Å². The van der Waals surface area contributed by atoms with E-state index in [2.05, 4.69) is 34.7 Å². The standard InChI is InChI=1S/C17H15N3O/c1-10-3-6-13(14-9-18-17(21)16(10)14)11-4-5-12-8-19-20(2)15(12)7-11/h3-8H,9H2,1-2H3,(H,18,21). The monoisotopic (exact) mass is 277 g/mol. The van der Waals surface area contributed by atoms with E-state index in [0.29, 0.717) is 6.54 Å². The van der Waals surface area contributed by atoms with Gasteiger partial charge in [-0.2, -0.15) is 5.10 Å². The van der Waals surface area contributed by atoms with Gasteiger partial charge in [0.15, 0.2) is 0 Å². The van der Waals surface area contributed by atoms with Crippen molar-refractivity contribution < 1.29 is 4.79 Å². The van der Waals surface area contributed by atoms with Crippen LogP contribution in [0.15, 0.2) is 36.5 Å². The third kappa shape index (κ3) is 1.69. The summed E-state index contributed by atoms with van der Waals surface area (Å²) in [5.41, 5.74) is 6.31. The van der Waals surface area contributed by atoms with E-state index in [-0.39, 0.29) is 5.91 Å². The second kappa shape index (κ2) is 4.19. The molecular weight excluding hydrogens is 262 g/mol. The zero-order valence-electron chi connectivity index (χ0n) is 12.0. The zero-order chi connectivity index (χ0) is 14.6. The van der Waals surface area contributed by atoms with Crippen LogP contribution in [-0.4, -0.2) is 15.7 Å². The first-order chi connectivity index (χ1) is 10.1. The smallest absolute Gasteiger partial charge is 0.252 e. The second-order valence-electron chi connectivity index (χ2n) is 5.51. The summed E-state index contributed by atoms with van der Waals surface area (Å²) in [6.45, 7) is 2.59. The van der Waals surface area contributed by atoms with E-state index in [0.717, 1.165) is 38.7 Å². The molecule has 0 spiro atoms. The van der Waals surface area contributed by atoms with Crippen LogP contribution in [0.25, 0.3) is 22.0 Å². The summed E-state index contributed by atoms with van der Waals surface area (Å²) in [7, 11) is 1.94. The SMILES string of the molecule is Cc1ccc(-c2ccc3cnn(C)c3c2)c2c1C(=O)NC2. The summed E-state index contributed by atoms with van der Waals surface area (Å²) in [6.07, 6.45) is 1.86. The fourth-order valence-corrected chi connectivity index (χ4v) is 3.10. The maximum Gasteiger partial charge on any atom is 0.252 e. The van der Waals surface area contributed by atoms with Crippen molar-refractivity contribution in [3.63, 3.8) is 0 Å². The molecule has 2 aromatic carbocycles. The highest BCUT2D eigenvalue weighted by Gasteiger charge is 2.24. The average molecular weight is 277 g/mol. The quantitative estimate of drug-likeness (QED) is 0.743. The van der Waals surface area contributed by atoms with Crippen molar-refractivity contribution in [2.45, 2.75) is 13.5 Å². The zero-order valence-corrected chi connectivity index (χ0v) is 12.0. The number of benzene rings is 2. The Morgan fingerprint density at radius 2 is 2.10 bits per heavy atom. The molecule has 4 rings (SSSR count). The highest BCUT2D eigenvalue weighted by molar-refractivity contribution is 6.02. The molecule has 0 unspecified atom stereocenters. The van der Waals surface area contributed by atoms with Crippen LogP contribution in [0, 0.1) is 6.92 Å². The van der Waals surface area contributed by atoms with E-state index >= 15 is 0 Å². The van der Waals surface area contributed by atoms with Crippen molar-refractivity contribution in [2.24, 2.45) is 7.05 Å². The molecule has 1 N–H and O–H groups in total. The van der Waals surface area contributed by atoms with Gasteiger partial charge in [0, 0.05) is 24.5 Å². The molecule has 4 nitrogen and oxygen atoms in total. The lowest BCUT2D eigenvalue weighted by Gasteiger charge is -2.10. The van der Waals surface area contributed by atoms with E-state index < -0.39 is 0 Å². The van der Waals surface area contributed by atoms with Crippen LogP contribution in [0.2, 0.25) is 0 Å². The summed E-state index contributed by atoms with van der Waals surface area (Å²) in [4.78, 5) is 12.0. The first-order valence-corrected chi connectivity index (χ1v) is 6.98. The Kier molecular flexibility index (Phi) is 2.42. The average Bonchev–Trinajstić information content (AvgIpc) is 3.04. The molecule has 1 aliphatic rings. The molecule has 21 heavy (non-hydrogen) atoms. The number of aromatic nitrogens is 2. The molecule has 1 amide bonds. The molecule has 0 saturated carbocycles. The Labute approximate surface area is 122 Å². The van der Waals surface area contributed by atoms with Gasteiger partial charge in [0.25, 0.3) is 5.91 Å². The normalized spacial score (nSPS) is 13.5. The highest BCUT2D eigenvalue weighted by atomic mass is 16.1. The number of aryl methyl sites for hydroxylation is 2. The van der Waals surface area contributed by atoms with E-state index in [1.165, 1.54) is 0 Å². The minimum atomic E-state index is 0.0333. The van der Waals surface area contributed by atoms with Crippen LogP contribution < -0.4 is 5.32 Å². The molecule has 2 heterocycles. The molecule has 0 fully saturated rings. The van der Waals surface area contributed by atoms with Gasteiger partial charge in [-0.15, -0.1) is 0 Å². The summed E-state index contributed by atoms with van der Waals surface area (Å²) >= 11 is 0. The third-order valence-electron chi connectivity index (χ3n) is 4.23. The number of nitrogens with one attached hydrogen (secondary N) is 1. The summed E-state index contributed by atoms with van der Waals surface area (Å²) in [5, 5.41) is 8.33. The molecule has 3 aromatic rings. The minimum Gasteiger partial charge on any atom is -0.348 e. The van der Waals surface area contributed by atoms with Gasteiger partial charge in [-0.05, 0) is 35.2 Å². The summed E-state index contributed by atoms with van der Waals surface area (Å²) < 4.78 is 1.87. The largest absolute Gasteiger partial charge is 0.348 e. The fraction of sp³-hybridized carbons (Fsp3) is 0.176. The number of carbonyl (C=O) groups is 1. The molecular formula is C17H15N3O. The highest BCUT2D eigenvalue weighted by Crippen LogP contribution is 2.32. The van der Waals surface area contributed by atoms with Gasteiger partial charge in [-0.25, -0.2) is 0 Å². The number of fused-ring (bicyclic) bond motifs is 2. The maximum absolute atomic E-state index is 12.0.